The monoisotopic (exact) mass is 1370 g/mol. The van der Waals surface area contributed by atoms with Crippen LogP contribution in [0.3, 0.4) is 0 Å². The minimum absolute atomic E-state index is 0.190. The SMILES string of the molecule is CCCCCCCCCCCCC/C=C/[C@@H](O)[C@H](CO[C@@H]1O[C@H](CO)[C@@H](O[C@@H]2O[C@H](CO)[C@H](O)[C@H](O[C@@H]3O[C@H](CO)[C@@H](O[C@@H]4O[C@H](CO)[C@H](O)[C@H](O)[C@H]4O)[C@H](O[C@@H]4O[C@@H](C)[C@@H](O)[C@@H](O)[C@@H]4O)[C@H]3NC(C)=O)[C@H]2O)[C@H](O)[C@H]1O)NC(=O)CCCCCCCCCCCCCCC. The van der Waals surface area contributed by atoms with Gasteiger partial charge < -0.3 is 135 Å². The fourth-order valence-corrected chi connectivity index (χ4v) is 12.8. The van der Waals surface area contributed by atoms with E-state index in [2.05, 4.69) is 24.5 Å². The van der Waals surface area contributed by atoms with Crippen LogP contribution in [0.4, 0.5) is 0 Å². The van der Waals surface area contributed by atoms with Gasteiger partial charge >= 0.3 is 0 Å². The van der Waals surface area contributed by atoms with Gasteiger partial charge in [0.25, 0.3) is 0 Å². The van der Waals surface area contributed by atoms with Crippen LogP contribution in [-0.2, 0) is 57.0 Å². The van der Waals surface area contributed by atoms with E-state index in [0.717, 1.165) is 58.3 Å². The molecule has 5 aliphatic rings. The average Bonchev–Trinajstić information content (AvgIpc) is 0.784. The zero-order valence-corrected chi connectivity index (χ0v) is 56.3. The molecule has 95 heavy (non-hydrogen) atoms. The van der Waals surface area contributed by atoms with Crippen LogP contribution in [0, 0.1) is 0 Å². The number of rotatable bonds is 45. The summed E-state index contributed by atoms with van der Waals surface area (Å²) in [5, 5.41) is 171. The fraction of sp³-hybridized carbons (Fsp3) is 0.939. The van der Waals surface area contributed by atoms with E-state index in [9.17, 15) is 86.2 Å². The molecule has 5 heterocycles. The third-order valence-corrected chi connectivity index (χ3v) is 18.7. The molecule has 0 aromatic heterocycles. The Morgan fingerprint density at radius 3 is 1.37 bits per heavy atom. The van der Waals surface area contributed by atoms with Gasteiger partial charge in [0, 0.05) is 13.3 Å². The Bertz CT molecular complexity index is 2090. The van der Waals surface area contributed by atoms with Crippen molar-refractivity contribution in [2.24, 2.45) is 0 Å². The first-order valence-electron chi connectivity index (χ1n) is 35.3. The van der Waals surface area contributed by atoms with Gasteiger partial charge in [-0.1, -0.05) is 167 Å². The van der Waals surface area contributed by atoms with Gasteiger partial charge in [0.1, 0.15) is 116 Å². The molecular formula is C66H120N2O27. The number of aliphatic hydroxyl groups is 15. The Morgan fingerprint density at radius 2 is 0.842 bits per heavy atom. The number of unbranched alkanes of at least 4 members (excludes halogenated alkanes) is 23. The number of amides is 2. The van der Waals surface area contributed by atoms with Crippen LogP contribution < -0.4 is 10.6 Å². The van der Waals surface area contributed by atoms with Crippen LogP contribution in [0.2, 0.25) is 0 Å². The summed E-state index contributed by atoms with van der Waals surface area (Å²) >= 11 is 0. The van der Waals surface area contributed by atoms with Crippen molar-refractivity contribution >= 4 is 11.8 Å². The molecule has 0 aromatic carbocycles. The molecular weight excluding hydrogens is 1250 g/mol. The van der Waals surface area contributed by atoms with E-state index in [-0.39, 0.29) is 12.3 Å². The molecule has 0 aliphatic carbocycles. The number of hydrogen-bond acceptors (Lipinski definition) is 27. The van der Waals surface area contributed by atoms with Gasteiger partial charge in [0.2, 0.25) is 11.8 Å². The van der Waals surface area contributed by atoms with Gasteiger partial charge in [-0.2, -0.15) is 0 Å². The summed E-state index contributed by atoms with van der Waals surface area (Å²) in [6, 6.07) is -2.83. The van der Waals surface area contributed by atoms with Crippen LogP contribution >= 0.6 is 0 Å². The van der Waals surface area contributed by atoms with Crippen LogP contribution in [-0.4, -0.2) is 287 Å². The van der Waals surface area contributed by atoms with E-state index >= 15 is 0 Å². The molecule has 2 amide bonds. The zero-order valence-electron chi connectivity index (χ0n) is 56.3. The van der Waals surface area contributed by atoms with Crippen molar-refractivity contribution in [3.8, 4) is 0 Å². The van der Waals surface area contributed by atoms with Crippen LogP contribution in [0.1, 0.15) is 195 Å². The topological polar surface area (TPSA) is 454 Å². The maximum absolute atomic E-state index is 13.5. The Morgan fingerprint density at radius 1 is 0.432 bits per heavy atom. The Labute approximate surface area is 559 Å². The first-order valence-corrected chi connectivity index (χ1v) is 35.3. The highest BCUT2D eigenvalue weighted by Crippen LogP contribution is 2.37. The molecule has 5 fully saturated rings. The second kappa shape index (κ2) is 44.8. The van der Waals surface area contributed by atoms with Gasteiger partial charge in [0.05, 0.1) is 51.3 Å². The molecule has 5 aliphatic heterocycles. The van der Waals surface area contributed by atoms with Crippen LogP contribution in [0.15, 0.2) is 12.2 Å². The second-order valence-electron chi connectivity index (χ2n) is 26.4. The van der Waals surface area contributed by atoms with Gasteiger partial charge in [-0.25, -0.2) is 0 Å². The van der Waals surface area contributed by atoms with E-state index in [1.165, 1.54) is 103 Å². The van der Waals surface area contributed by atoms with Crippen molar-refractivity contribution < 1.29 is 134 Å². The lowest BCUT2D eigenvalue weighted by Crippen LogP contribution is -2.71. The van der Waals surface area contributed by atoms with Gasteiger partial charge in [-0.05, 0) is 26.2 Å². The molecule has 0 saturated carbocycles. The molecule has 0 spiro atoms. The van der Waals surface area contributed by atoms with Crippen LogP contribution in [0.25, 0.3) is 0 Å². The van der Waals surface area contributed by atoms with Crippen molar-refractivity contribution in [2.45, 2.75) is 360 Å². The lowest BCUT2D eigenvalue weighted by atomic mass is 9.93. The van der Waals surface area contributed by atoms with E-state index in [0.29, 0.717) is 12.8 Å². The normalized spacial score (nSPS) is 36.9. The first-order chi connectivity index (χ1) is 45.7. The molecule has 29 nitrogen and oxygen atoms in total. The molecule has 5 rings (SSSR count). The van der Waals surface area contributed by atoms with E-state index < -0.39 is 205 Å². The number of carbonyl (C=O) groups is 2. The molecule has 29 heteroatoms. The summed E-state index contributed by atoms with van der Waals surface area (Å²) in [5.41, 5.74) is 0. The summed E-state index contributed by atoms with van der Waals surface area (Å²) in [4.78, 5) is 26.6. The molecule has 0 unspecified atom stereocenters. The third kappa shape index (κ3) is 25.9. The molecule has 0 radical (unpaired) electrons. The largest absolute Gasteiger partial charge is 0.394 e. The van der Waals surface area contributed by atoms with Crippen molar-refractivity contribution in [1.82, 2.24) is 10.6 Å². The number of ether oxygens (including phenoxy) is 10. The Kier molecular flexibility index (Phi) is 39.3. The summed E-state index contributed by atoms with van der Waals surface area (Å²) in [6.07, 6.45) is -13.5. The molecule has 5 saturated heterocycles. The number of allylic oxidation sites excluding steroid dienone is 1. The minimum atomic E-state index is -2.18. The van der Waals surface area contributed by atoms with Crippen LogP contribution in [0.5, 0.6) is 0 Å². The molecule has 27 atom stereocenters. The van der Waals surface area contributed by atoms with Crippen molar-refractivity contribution in [2.75, 3.05) is 33.0 Å². The number of nitrogens with one attached hydrogen (secondary N) is 2. The van der Waals surface area contributed by atoms with Gasteiger partial charge in [0.15, 0.2) is 31.5 Å². The van der Waals surface area contributed by atoms with Gasteiger partial charge in [-0.15, -0.1) is 0 Å². The average molecular weight is 1370 g/mol. The highest BCUT2D eigenvalue weighted by Gasteiger charge is 2.58. The fourth-order valence-electron chi connectivity index (χ4n) is 12.8. The summed E-state index contributed by atoms with van der Waals surface area (Å²) in [5.74, 6) is -1.17. The maximum Gasteiger partial charge on any atom is 0.220 e. The quantitative estimate of drug-likeness (QED) is 0.0279. The first kappa shape index (κ1) is 83.3. The predicted molar refractivity (Wildman–Crippen MR) is 339 cm³/mol. The smallest absolute Gasteiger partial charge is 0.220 e. The van der Waals surface area contributed by atoms with E-state index in [1.807, 2.05) is 6.08 Å². The number of hydrogen-bond donors (Lipinski definition) is 17. The summed E-state index contributed by atoms with van der Waals surface area (Å²) in [6.45, 7) is 2.55. The minimum Gasteiger partial charge on any atom is -0.394 e. The van der Waals surface area contributed by atoms with Crippen molar-refractivity contribution in [3.63, 3.8) is 0 Å². The lowest BCUT2D eigenvalue weighted by Gasteiger charge is -2.51. The van der Waals surface area contributed by atoms with Crippen molar-refractivity contribution in [1.29, 1.82) is 0 Å². The number of carbonyl (C=O) groups excluding carboxylic acids is 2. The van der Waals surface area contributed by atoms with Gasteiger partial charge in [-0.3, -0.25) is 9.59 Å². The highest BCUT2D eigenvalue weighted by molar-refractivity contribution is 5.76. The standard InChI is InChI=1S/C66H120N2O27/c1-5-7-9-11-13-15-17-19-21-23-25-27-29-31-41(74)40(68-46(75)32-30-28-26-24-22-20-18-16-14-12-10-8-6-2)37-86-63-56(84)53(81)58(44(35-71)91-63)92-66-57(85)61(50(78)43(34-70)89-66)95-62-47(67-39(4)73)60(94-64-54(82)51(79)48(76)38(3)87-64)59(45(36-72)90-62)93-65-55(83)52(80)49(77)42(33-69)88-65/h29,31,38,40-45,47-66,69-72,74,76-85H,5-28,30,32-37H2,1-4H3,(H,67,73)(H,68,75)/b31-29+/t38-,40-,41+,42+,43+,44+,45+,47+,48+,49-,50-,51+,52-,53+,54-,55+,56+,57+,58+,59+,60+,61-,62-,63+,64-,65-,66-/m0/s1. The van der Waals surface area contributed by atoms with E-state index in [1.54, 1.807) is 6.08 Å². The molecule has 0 bridgehead atoms. The summed E-state index contributed by atoms with van der Waals surface area (Å²) in [7, 11) is 0. The molecule has 556 valence electrons. The number of aliphatic hydroxyl groups excluding tert-OH is 15. The highest BCUT2D eigenvalue weighted by atomic mass is 16.8. The van der Waals surface area contributed by atoms with E-state index in [4.69, 9.17) is 47.4 Å². The third-order valence-electron chi connectivity index (χ3n) is 18.7. The molecule has 0 aromatic rings. The summed E-state index contributed by atoms with van der Waals surface area (Å²) < 4.78 is 59.7. The Balaban J connectivity index is 1.28. The van der Waals surface area contributed by atoms with Crippen molar-refractivity contribution in [3.05, 3.63) is 12.2 Å². The molecule has 17 N–H and O–H groups in total. The maximum atomic E-state index is 13.5. The zero-order chi connectivity index (χ0) is 69.6. The lowest BCUT2D eigenvalue weighted by molar-refractivity contribution is -0.392. The predicted octanol–water partition coefficient (Wildman–Crippen LogP) is -0.145. The second-order valence-corrected chi connectivity index (χ2v) is 26.4. The Hall–Kier alpha value is -2.32.